The van der Waals surface area contributed by atoms with Crippen molar-refractivity contribution in [2.24, 2.45) is 0 Å². The van der Waals surface area contributed by atoms with Crippen molar-refractivity contribution in [1.82, 2.24) is 9.97 Å². The Morgan fingerprint density at radius 1 is 0.960 bits per heavy atom. The van der Waals surface area contributed by atoms with Gasteiger partial charge in [0.15, 0.2) is 0 Å². The second kappa shape index (κ2) is 6.55. The van der Waals surface area contributed by atoms with Gasteiger partial charge in [0.05, 0.1) is 5.69 Å². The molecule has 0 unspecified atom stereocenters. The highest BCUT2D eigenvalue weighted by Gasteiger charge is 2.17. The van der Waals surface area contributed by atoms with Crippen LogP contribution in [0.5, 0.6) is 0 Å². The molecule has 2 aromatic carbocycles. The summed E-state index contributed by atoms with van der Waals surface area (Å²) in [6.45, 7) is 0. The number of halogens is 3. The van der Waals surface area contributed by atoms with Crippen LogP contribution in [0.2, 0.25) is 10.0 Å². The minimum atomic E-state index is -0.595. The van der Waals surface area contributed by atoms with E-state index >= 15 is 0 Å². The molecule has 8 heteroatoms. The Labute approximate surface area is 152 Å². The number of nitrogens with zero attached hydrogens (tertiary/aromatic N) is 3. The third kappa shape index (κ3) is 3.33. The zero-order valence-electron chi connectivity index (χ0n) is 12.6. The molecule has 0 saturated carbocycles. The third-order valence-corrected chi connectivity index (χ3v) is 3.92. The SMILES string of the molecule is N#Cc1c(N)nc(N)nc1-c1ccc(-c2cc(Cl)cc(Cl)c2)cc1F. The summed E-state index contributed by atoms with van der Waals surface area (Å²) >= 11 is 12.0. The summed E-state index contributed by atoms with van der Waals surface area (Å²) in [7, 11) is 0. The first-order valence-corrected chi connectivity index (χ1v) is 7.74. The van der Waals surface area contributed by atoms with Crippen molar-refractivity contribution in [2.45, 2.75) is 0 Å². The number of hydrogen-bond acceptors (Lipinski definition) is 5. The number of hydrogen-bond donors (Lipinski definition) is 2. The highest BCUT2D eigenvalue weighted by atomic mass is 35.5. The Morgan fingerprint density at radius 2 is 1.64 bits per heavy atom. The topological polar surface area (TPSA) is 102 Å². The third-order valence-electron chi connectivity index (χ3n) is 3.49. The van der Waals surface area contributed by atoms with Gasteiger partial charge in [-0.3, -0.25) is 0 Å². The predicted octanol–water partition coefficient (Wildman–Crippen LogP) is 4.29. The zero-order valence-corrected chi connectivity index (χ0v) is 14.1. The molecule has 0 aliphatic rings. The van der Waals surface area contributed by atoms with Crippen LogP contribution in [-0.4, -0.2) is 9.97 Å². The molecule has 0 radical (unpaired) electrons. The van der Waals surface area contributed by atoms with Crippen LogP contribution in [0.25, 0.3) is 22.4 Å². The monoisotopic (exact) mass is 373 g/mol. The molecule has 4 N–H and O–H groups in total. The van der Waals surface area contributed by atoms with E-state index < -0.39 is 5.82 Å². The van der Waals surface area contributed by atoms with Gasteiger partial charge in [0, 0.05) is 15.6 Å². The van der Waals surface area contributed by atoms with Gasteiger partial charge >= 0.3 is 0 Å². The summed E-state index contributed by atoms with van der Waals surface area (Å²) in [6.07, 6.45) is 0. The lowest BCUT2D eigenvalue weighted by Gasteiger charge is -2.10. The van der Waals surface area contributed by atoms with Gasteiger partial charge in [-0.25, -0.2) is 9.37 Å². The molecule has 0 fully saturated rings. The van der Waals surface area contributed by atoms with Crippen LogP contribution in [0.1, 0.15) is 5.56 Å². The molecule has 1 heterocycles. The first kappa shape index (κ1) is 17.0. The molecule has 3 rings (SSSR count). The van der Waals surface area contributed by atoms with Crippen LogP contribution >= 0.6 is 23.2 Å². The number of nitrogens with two attached hydrogens (primary N) is 2. The van der Waals surface area contributed by atoms with Crippen molar-refractivity contribution in [2.75, 3.05) is 11.5 Å². The normalized spacial score (nSPS) is 10.5. The summed E-state index contributed by atoms with van der Waals surface area (Å²) in [5, 5.41) is 10.1. The lowest BCUT2D eigenvalue weighted by molar-refractivity contribution is 0.631. The number of nitriles is 1. The van der Waals surface area contributed by atoms with Crippen molar-refractivity contribution in [1.29, 1.82) is 5.26 Å². The molecular formula is C17H10Cl2FN5. The molecule has 0 spiro atoms. The van der Waals surface area contributed by atoms with E-state index in [1.54, 1.807) is 24.3 Å². The van der Waals surface area contributed by atoms with E-state index in [9.17, 15) is 9.65 Å². The summed E-state index contributed by atoms with van der Waals surface area (Å²) < 4.78 is 14.7. The Bertz CT molecular complexity index is 1010. The van der Waals surface area contributed by atoms with Crippen molar-refractivity contribution < 1.29 is 4.39 Å². The maximum absolute atomic E-state index is 14.7. The number of nitrogen functional groups attached to an aromatic ring is 2. The molecule has 0 aliphatic carbocycles. The predicted molar refractivity (Wildman–Crippen MR) is 96.4 cm³/mol. The largest absolute Gasteiger partial charge is 0.382 e. The van der Waals surface area contributed by atoms with Crippen molar-refractivity contribution >= 4 is 35.0 Å². The van der Waals surface area contributed by atoms with E-state index in [2.05, 4.69) is 9.97 Å². The molecule has 0 amide bonds. The summed E-state index contributed by atoms with van der Waals surface area (Å²) in [5.74, 6) is -0.839. The molecule has 5 nitrogen and oxygen atoms in total. The molecule has 25 heavy (non-hydrogen) atoms. The second-order valence-electron chi connectivity index (χ2n) is 5.16. The van der Waals surface area contributed by atoms with Crippen LogP contribution in [0.4, 0.5) is 16.2 Å². The molecule has 0 saturated heterocycles. The van der Waals surface area contributed by atoms with Gasteiger partial charge in [0.2, 0.25) is 5.95 Å². The Morgan fingerprint density at radius 3 is 2.24 bits per heavy atom. The highest BCUT2D eigenvalue weighted by Crippen LogP contribution is 2.32. The van der Waals surface area contributed by atoms with E-state index in [4.69, 9.17) is 34.7 Å². The lowest BCUT2D eigenvalue weighted by Crippen LogP contribution is -2.05. The number of benzene rings is 2. The average Bonchev–Trinajstić information content (AvgIpc) is 2.53. The fourth-order valence-electron chi connectivity index (χ4n) is 2.41. The molecule has 124 valence electrons. The molecule has 0 atom stereocenters. The van der Waals surface area contributed by atoms with Gasteiger partial charge in [-0.1, -0.05) is 29.3 Å². The first-order valence-electron chi connectivity index (χ1n) is 6.98. The second-order valence-corrected chi connectivity index (χ2v) is 6.03. The van der Waals surface area contributed by atoms with E-state index in [-0.39, 0.29) is 28.6 Å². The van der Waals surface area contributed by atoms with E-state index in [1.807, 2.05) is 6.07 Å². The summed E-state index contributed by atoms with van der Waals surface area (Å²) in [5.41, 5.74) is 12.6. The van der Waals surface area contributed by atoms with Crippen molar-refractivity contribution in [3.63, 3.8) is 0 Å². The minimum Gasteiger partial charge on any atom is -0.382 e. The lowest BCUT2D eigenvalue weighted by atomic mass is 10.0. The highest BCUT2D eigenvalue weighted by molar-refractivity contribution is 6.35. The molecule has 3 aromatic rings. The smallest absolute Gasteiger partial charge is 0.222 e. The van der Waals surface area contributed by atoms with Gasteiger partial charge in [0.25, 0.3) is 0 Å². The van der Waals surface area contributed by atoms with Gasteiger partial charge in [-0.2, -0.15) is 10.2 Å². The molecule has 1 aromatic heterocycles. The number of aromatic nitrogens is 2. The van der Waals surface area contributed by atoms with Gasteiger partial charge < -0.3 is 11.5 Å². The summed E-state index contributed by atoms with van der Waals surface area (Å²) in [6, 6.07) is 11.2. The van der Waals surface area contributed by atoms with E-state index in [0.29, 0.717) is 21.2 Å². The van der Waals surface area contributed by atoms with Crippen LogP contribution in [0, 0.1) is 17.1 Å². The Balaban J connectivity index is 2.15. The van der Waals surface area contributed by atoms with E-state index in [0.717, 1.165) is 0 Å². The Hall–Kier alpha value is -2.88. The molecule has 0 bridgehead atoms. The maximum atomic E-state index is 14.7. The van der Waals surface area contributed by atoms with Gasteiger partial charge in [0.1, 0.15) is 23.3 Å². The quantitative estimate of drug-likeness (QED) is 0.697. The standard InChI is InChI=1S/C17H10Cl2FN5/c18-10-3-9(4-11(19)6-10)8-1-2-12(14(20)5-8)15-13(7-21)16(22)25-17(23)24-15/h1-6H,(H4,22,23,24,25). The van der Waals surface area contributed by atoms with Crippen LogP contribution in [0.15, 0.2) is 36.4 Å². The van der Waals surface area contributed by atoms with Crippen LogP contribution in [0.3, 0.4) is 0 Å². The first-order chi connectivity index (χ1) is 11.9. The molecular weight excluding hydrogens is 364 g/mol. The average molecular weight is 374 g/mol. The molecule has 0 aliphatic heterocycles. The van der Waals surface area contributed by atoms with Crippen LogP contribution in [-0.2, 0) is 0 Å². The fraction of sp³-hybridized carbons (Fsp3) is 0. The summed E-state index contributed by atoms with van der Waals surface area (Å²) in [4.78, 5) is 7.66. The number of anilines is 2. The van der Waals surface area contributed by atoms with Crippen molar-refractivity contribution in [3.8, 4) is 28.5 Å². The number of rotatable bonds is 2. The van der Waals surface area contributed by atoms with Crippen LogP contribution < -0.4 is 11.5 Å². The van der Waals surface area contributed by atoms with E-state index in [1.165, 1.54) is 12.1 Å². The Kier molecular flexibility index (Phi) is 4.45. The van der Waals surface area contributed by atoms with Crippen molar-refractivity contribution in [3.05, 3.63) is 57.8 Å². The zero-order chi connectivity index (χ0) is 18.1. The van der Waals surface area contributed by atoms with Gasteiger partial charge in [-0.15, -0.1) is 0 Å². The fourth-order valence-corrected chi connectivity index (χ4v) is 2.93. The maximum Gasteiger partial charge on any atom is 0.222 e. The minimum absolute atomic E-state index is 0.0355. The van der Waals surface area contributed by atoms with Gasteiger partial charge in [-0.05, 0) is 41.5 Å².